The van der Waals surface area contributed by atoms with Crippen molar-refractivity contribution in [2.75, 3.05) is 12.3 Å². The number of rotatable bonds is 7. The van der Waals surface area contributed by atoms with E-state index in [9.17, 15) is 9.59 Å². The Morgan fingerprint density at radius 3 is 2.48 bits per heavy atom. The van der Waals surface area contributed by atoms with E-state index in [1.807, 2.05) is 6.92 Å². The van der Waals surface area contributed by atoms with E-state index in [0.717, 1.165) is 30.2 Å². The molecule has 1 aromatic rings. The summed E-state index contributed by atoms with van der Waals surface area (Å²) in [6, 6.07) is -0.303. The molecule has 1 aliphatic rings. The molecule has 128 valence electrons. The van der Waals surface area contributed by atoms with Gasteiger partial charge in [-0.3, -0.25) is 9.69 Å². The van der Waals surface area contributed by atoms with E-state index in [-0.39, 0.29) is 11.9 Å². The lowest BCUT2D eigenvalue weighted by Gasteiger charge is -2.16. The van der Waals surface area contributed by atoms with Gasteiger partial charge in [-0.05, 0) is 34.1 Å². The third kappa shape index (κ3) is 3.71. The van der Waals surface area contributed by atoms with Crippen molar-refractivity contribution in [3.63, 3.8) is 0 Å². The molecule has 0 saturated carbocycles. The molecule has 0 atom stereocenters. The maximum atomic E-state index is 12.2. The predicted molar refractivity (Wildman–Crippen MR) is 91.7 cm³/mol. The van der Waals surface area contributed by atoms with Crippen LogP contribution < -0.4 is 5.32 Å². The van der Waals surface area contributed by atoms with Crippen molar-refractivity contribution < 1.29 is 9.59 Å². The van der Waals surface area contributed by atoms with Crippen LogP contribution >= 0.6 is 11.8 Å². The Labute approximate surface area is 142 Å². The zero-order valence-electron chi connectivity index (χ0n) is 14.6. The van der Waals surface area contributed by atoms with E-state index < -0.39 is 5.54 Å². The fourth-order valence-electron chi connectivity index (χ4n) is 2.56. The molecule has 6 nitrogen and oxygen atoms in total. The van der Waals surface area contributed by atoms with Gasteiger partial charge in [0.05, 0.1) is 5.69 Å². The van der Waals surface area contributed by atoms with Crippen LogP contribution in [-0.2, 0) is 11.3 Å². The van der Waals surface area contributed by atoms with Gasteiger partial charge in [0, 0.05) is 24.5 Å². The summed E-state index contributed by atoms with van der Waals surface area (Å²) in [7, 11) is 0. The molecule has 0 unspecified atom stereocenters. The van der Waals surface area contributed by atoms with E-state index >= 15 is 0 Å². The molecule has 23 heavy (non-hydrogen) atoms. The Balaban J connectivity index is 1.98. The number of unbranched alkanes of at least 4 members (excludes halogenated alkanes) is 1. The molecule has 2 rings (SSSR count). The molecule has 1 aliphatic heterocycles. The van der Waals surface area contributed by atoms with Crippen LogP contribution in [0.15, 0.2) is 5.16 Å². The molecule has 0 radical (unpaired) electrons. The molecule has 3 amide bonds. The van der Waals surface area contributed by atoms with Crippen LogP contribution in [0.3, 0.4) is 0 Å². The number of hydrogen-bond donors (Lipinski definition) is 1. The number of carbonyl (C=O) groups is 2. The number of imide groups is 1. The van der Waals surface area contributed by atoms with Crippen LogP contribution in [0.25, 0.3) is 0 Å². The van der Waals surface area contributed by atoms with Crippen LogP contribution in [-0.4, -0.2) is 44.2 Å². The predicted octanol–water partition coefficient (Wildman–Crippen LogP) is 2.72. The highest BCUT2D eigenvalue weighted by Gasteiger charge is 2.43. The third-order valence-corrected chi connectivity index (χ3v) is 5.11. The second-order valence-corrected chi connectivity index (χ2v) is 7.49. The van der Waals surface area contributed by atoms with Gasteiger partial charge < -0.3 is 9.88 Å². The van der Waals surface area contributed by atoms with Crippen molar-refractivity contribution in [2.24, 2.45) is 0 Å². The number of nitrogens with zero attached hydrogens (tertiary/aromatic N) is 3. The van der Waals surface area contributed by atoms with Crippen molar-refractivity contribution in [3.05, 3.63) is 11.4 Å². The maximum Gasteiger partial charge on any atom is 0.325 e. The van der Waals surface area contributed by atoms with Crippen LogP contribution in [0.5, 0.6) is 0 Å². The van der Waals surface area contributed by atoms with Gasteiger partial charge in [-0.1, -0.05) is 25.1 Å². The molecule has 0 spiro atoms. The number of thioether (sulfide) groups is 1. The highest BCUT2D eigenvalue weighted by atomic mass is 32.2. The van der Waals surface area contributed by atoms with E-state index in [4.69, 9.17) is 0 Å². The van der Waals surface area contributed by atoms with E-state index in [2.05, 4.69) is 28.7 Å². The normalized spacial score (nSPS) is 17.0. The Morgan fingerprint density at radius 1 is 1.22 bits per heavy atom. The second-order valence-electron chi connectivity index (χ2n) is 6.43. The maximum absolute atomic E-state index is 12.2. The first-order valence-electron chi connectivity index (χ1n) is 8.08. The molecular weight excluding hydrogens is 312 g/mol. The first-order valence-corrected chi connectivity index (χ1v) is 9.07. The van der Waals surface area contributed by atoms with Gasteiger partial charge in [0.1, 0.15) is 5.54 Å². The number of amides is 3. The first kappa shape index (κ1) is 17.8. The van der Waals surface area contributed by atoms with Gasteiger partial charge in [0.2, 0.25) is 0 Å². The lowest BCUT2D eigenvalue weighted by molar-refractivity contribution is -0.130. The van der Waals surface area contributed by atoms with Gasteiger partial charge >= 0.3 is 6.03 Å². The largest absolute Gasteiger partial charge is 0.325 e. The fraction of sp³-hybridized carbons (Fsp3) is 0.688. The fourth-order valence-corrected chi connectivity index (χ4v) is 3.60. The Bertz CT molecular complexity index is 609. The summed E-state index contributed by atoms with van der Waals surface area (Å²) in [4.78, 5) is 29.9. The molecule has 0 aromatic carbocycles. The molecule has 1 aromatic heterocycles. The van der Waals surface area contributed by atoms with Gasteiger partial charge in [-0.25, -0.2) is 9.78 Å². The molecule has 0 bridgehead atoms. The highest BCUT2D eigenvalue weighted by Crippen LogP contribution is 2.23. The van der Waals surface area contributed by atoms with E-state index in [1.54, 1.807) is 25.6 Å². The zero-order valence-corrected chi connectivity index (χ0v) is 15.4. The average Bonchev–Trinajstić information content (AvgIpc) is 2.85. The number of urea groups is 1. The van der Waals surface area contributed by atoms with Crippen LogP contribution in [0, 0.1) is 13.8 Å². The standard InChI is InChI=1S/C16H26N4O2S/c1-6-7-8-19-12(3)11(2)17-15(19)23-10-9-20-13(21)16(4,5)18-14(20)22/h6-10H2,1-5H3,(H,18,22). The summed E-state index contributed by atoms with van der Waals surface area (Å²) in [5.41, 5.74) is 1.44. The summed E-state index contributed by atoms with van der Waals surface area (Å²) in [5.74, 6) is 0.488. The van der Waals surface area contributed by atoms with Gasteiger partial charge in [0.25, 0.3) is 5.91 Å². The summed E-state index contributed by atoms with van der Waals surface area (Å²) in [6.45, 7) is 11.1. The minimum absolute atomic E-state index is 0.162. The molecule has 0 aliphatic carbocycles. The summed E-state index contributed by atoms with van der Waals surface area (Å²) in [5, 5.41) is 3.67. The topological polar surface area (TPSA) is 67.2 Å². The van der Waals surface area contributed by atoms with E-state index in [1.165, 1.54) is 10.6 Å². The highest BCUT2D eigenvalue weighted by molar-refractivity contribution is 7.99. The lowest BCUT2D eigenvalue weighted by Crippen LogP contribution is -2.40. The zero-order chi connectivity index (χ0) is 17.2. The van der Waals surface area contributed by atoms with Crippen molar-refractivity contribution in [1.82, 2.24) is 19.8 Å². The van der Waals surface area contributed by atoms with Crippen LogP contribution in [0.1, 0.15) is 45.0 Å². The minimum atomic E-state index is -0.797. The quantitative estimate of drug-likeness (QED) is 0.613. The number of aromatic nitrogens is 2. The van der Waals surface area contributed by atoms with Crippen molar-refractivity contribution >= 4 is 23.7 Å². The molecule has 1 fully saturated rings. The van der Waals surface area contributed by atoms with Gasteiger partial charge in [0.15, 0.2) is 5.16 Å². The molecule has 7 heteroatoms. The summed E-state index contributed by atoms with van der Waals surface area (Å²) >= 11 is 1.60. The number of nitrogens with one attached hydrogen (secondary N) is 1. The average molecular weight is 338 g/mol. The lowest BCUT2D eigenvalue weighted by atomic mass is 10.1. The Kier molecular flexibility index (Phi) is 5.39. The van der Waals surface area contributed by atoms with Gasteiger partial charge in [-0.2, -0.15) is 0 Å². The number of carbonyl (C=O) groups excluding carboxylic acids is 2. The Morgan fingerprint density at radius 2 is 1.91 bits per heavy atom. The van der Waals surface area contributed by atoms with Gasteiger partial charge in [-0.15, -0.1) is 0 Å². The summed E-state index contributed by atoms with van der Waals surface area (Å²) in [6.07, 6.45) is 2.25. The third-order valence-electron chi connectivity index (χ3n) is 4.15. The number of aryl methyl sites for hydroxylation is 1. The Hall–Kier alpha value is -1.50. The van der Waals surface area contributed by atoms with Crippen molar-refractivity contribution in [1.29, 1.82) is 0 Å². The minimum Gasteiger partial charge on any atom is -0.324 e. The first-order chi connectivity index (χ1) is 10.8. The van der Waals surface area contributed by atoms with E-state index in [0.29, 0.717) is 12.3 Å². The second kappa shape index (κ2) is 6.95. The molecular formula is C16H26N4O2S. The monoisotopic (exact) mass is 338 g/mol. The molecule has 2 heterocycles. The number of hydrogen-bond acceptors (Lipinski definition) is 4. The SMILES string of the molecule is CCCCn1c(SCCN2C(=O)NC(C)(C)C2=O)nc(C)c1C. The number of imidazole rings is 1. The summed E-state index contributed by atoms with van der Waals surface area (Å²) < 4.78 is 2.24. The molecule has 1 N–H and O–H groups in total. The molecule has 1 saturated heterocycles. The van der Waals surface area contributed by atoms with Crippen molar-refractivity contribution in [3.8, 4) is 0 Å². The van der Waals surface area contributed by atoms with Crippen molar-refractivity contribution in [2.45, 2.75) is 64.7 Å². The van der Waals surface area contributed by atoms with Crippen LogP contribution in [0.2, 0.25) is 0 Å². The smallest absolute Gasteiger partial charge is 0.324 e. The van der Waals surface area contributed by atoms with Crippen LogP contribution in [0.4, 0.5) is 4.79 Å².